The van der Waals surface area contributed by atoms with Gasteiger partial charge in [0.15, 0.2) is 0 Å². The molecule has 0 aliphatic heterocycles. The molecule has 106 valence electrons. The second kappa shape index (κ2) is 6.44. The number of rotatable bonds is 5. The molecule has 1 amide bonds. The summed E-state index contributed by atoms with van der Waals surface area (Å²) in [4.78, 5) is 11.2. The van der Waals surface area contributed by atoms with Crippen molar-refractivity contribution in [3.63, 3.8) is 0 Å². The topological polar surface area (TPSA) is 88.1 Å². The highest BCUT2D eigenvalue weighted by Crippen LogP contribution is 2.26. The number of hydrogen-bond donors (Lipinski definition) is 2. The number of nitrogens with zero attached hydrogens (tertiary/aromatic N) is 1. The highest BCUT2D eigenvalue weighted by molar-refractivity contribution is 5.94. The molecule has 0 spiro atoms. The summed E-state index contributed by atoms with van der Waals surface area (Å²) in [6.07, 6.45) is 0. The summed E-state index contributed by atoms with van der Waals surface area (Å²) in [6, 6.07) is 14.3. The van der Waals surface area contributed by atoms with Gasteiger partial charge in [0.1, 0.15) is 5.75 Å². The van der Waals surface area contributed by atoms with Crippen LogP contribution in [-0.2, 0) is 6.54 Å². The van der Waals surface area contributed by atoms with Gasteiger partial charge in [-0.3, -0.25) is 4.79 Å². The van der Waals surface area contributed by atoms with Crippen LogP contribution in [0.2, 0.25) is 0 Å². The number of amides is 1. The largest absolute Gasteiger partial charge is 0.495 e. The number of hydrogen-bond acceptors (Lipinski definition) is 4. The molecule has 2 aromatic carbocycles. The molecule has 0 aliphatic carbocycles. The van der Waals surface area contributed by atoms with E-state index in [4.69, 9.17) is 15.7 Å². The first-order chi connectivity index (χ1) is 10.1. The third kappa shape index (κ3) is 3.51. The average Bonchev–Trinajstić information content (AvgIpc) is 2.53. The van der Waals surface area contributed by atoms with Crippen molar-refractivity contribution in [3.05, 3.63) is 59.2 Å². The summed E-state index contributed by atoms with van der Waals surface area (Å²) in [5, 5.41) is 12.0. The quantitative estimate of drug-likeness (QED) is 0.880. The Morgan fingerprint density at radius 1 is 1.29 bits per heavy atom. The van der Waals surface area contributed by atoms with Gasteiger partial charge in [0.25, 0.3) is 0 Å². The molecule has 5 nitrogen and oxygen atoms in total. The fourth-order valence-electron chi connectivity index (χ4n) is 1.89. The molecule has 0 saturated carbocycles. The summed E-state index contributed by atoms with van der Waals surface area (Å²) in [6.45, 7) is 0.546. The SMILES string of the molecule is COc1ccc(C(N)=O)cc1NCc1ccc(C#N)cc1. The Hall–Kier alpha value is -3.00. The lowest BCUT2D eigenvalue weighted by molar-refractivity contribution is 0.100. The van der Waals surface area contributed by atoms with Crippen LogP contribution in [0, 0.1) is 11.3 Å². The first-order valence-corrected chi connectivity index (χ1v) is 6.35. The number of nitrogens with one attached hydrogen (secondary N) is 1. The van der Waals surface area contributed by atoms with Crippen LogP contribution in [0.5, 0.6) is 5.75 Å². The molecule has 0 atom stereocenters. The van der Waals surface area contributed by atoms with Crippen LogP contribution < -0.4 is 15.8 Å². The number of benzene rings is 2. The Morgan fingerprint density at radius 2 is 2.00 bits per heavy atom. The van der Waals surface area contributed by atoms with E-state index in [1.54, 1.807) is 37.4 Å². The number of ether oxygens (including phenoxy) is 1. The summed E-state index contributed by atoms with van der Waals surface area (Å²) >= 11 is 0. The molecule has 21 heavy (non-hydrogen) atoms. The number of primary amides is 1. The van der Waals surface area contributed by atoms with E-state index < -0.39 is 5.91 Å². The molecule has 0 radical (unpaired) electrons. The van der Waals surface area contributed by atoms with Crippen LogP contribution in [0.15, 0.2) is 42.5 Å². The minimum absolute atomic E-state index is 0.415. The number of carbonyl (C=O) groups excluding carboxylic acids is 1. The minimum atomic E-state index is -0.487. The van der Waals surface area contributed by atoms with Crippen LogP contribution in [-0.4, -0.2) is 13.0 Å². The van der Waals surface area contributed by atoms with Crippen molar-refractivity contribution in [1.29, 1.82) is 5.26 Å². The zero-order valence-corrected chi connectivity index (χ0v) is 11.6. The van der Waals surface area contributed by atoms with E-state index >= 15 is 0 Å². The molecule has 3 N–H and O–H groups in total. The Labute approximate surface area is 123 Å². The normalized spacial score (nSPS) is 9.71. The first-order valence-electron chi connectivity index (χ1n) is 6.35. The van der Waals surface area contributed by atoms with Gasteiger partial charge in [0, 0.05) is 12.1 Å². The van der Waals surface area contributed by atoms with E-state index in [0.29, 0.717) is 29.1 Å². The summed E-state index contributed by atoms with van der Waals surface area (Å²) in [7, 11) is 1.56. The van der Waals surface area contributed by atoms with Crippen LogP contribution in [0.25, 0.3) is 0 Å². The van der Waals surface area contributed by atoms with E-state index in [1.165, 1.54) is 0 Å². The van der Waals surface area contributed by atoms with E-state index in [0.717, 1.165) is 5.56 Å². The Kier molecular flexibility index (Phi) is 4.42. The molecule has 0 fully saturated rings. The summed E-state index contributed by atoms with van der Waals surface area (Å²) < 4.78 is 5.25. The van der Waals surface area contributed by atoms with Crippen molar-refractivity contribution in [2.75, 3.05) is 12.4 Å². The van der Waals surface area contributed by atoms with Crippen molar-refractivity contribution in [2.45, 2.75) is 6.54 Å². The predicted molar refractivity (Wildman–Crippen MR) is 80.0 cm³/mol. The van der Waals surface area contributed by atoms with E-state index in [1.807, 2.05) is 12.1 Å². The zero-order chi connectivity index (χ0) is 15.2. The number of nitriles is 1. The van der Waals surface area contributed by atoms with Crippen molar-refractivity contribution < 1.29 is 9.53 Å². The molecule has 0 aliphatic rings. The van der Waals surface area contributed by atoms with E-state index in [9.17, 15) is 4.79 Å². The Bertz CT molecular complexity index is 688. The van der Waals surface area contributed by atoms with Crippen LogP contribution >= 0.6 is 0 Å². The zero-order valence-electron chi connectivity index (χ0n) is 11.6. The van der Waals surface area contributed by atoms with Gasteiger partial charge in [-0.05, 0) is 35.9 Å². The van der Waals surface area contributed by atoms with Crippen molar-refractivity contribution in [2.24, 2.45) is 5.73 Å². The number of carbonyl (C=O) groups is 1. The monoisotopic (exact) mass is 281 g/mol. The molecule has 0 saturated heterocycles. The van der Waals surface area contributed by atoms with Gasteiger partial charge in [-0.15, -0.1) is 0 Å². The number of nitrogens with two attached hydrogens (primary N) is 1. The van der Waals surface area contributed by atoms with Crippen molar-refractivity contribution in [3.8, 4) is 11.8 Å². The fourth-order valence-corrected chi connectivity index (χ4v) is 1.89. The number of anilines is 1. The lowest BCUT2D eigenvalue weighted by Crippen LogP contribution is -2.11. The first kappa shape index (κ1) is 14.4. The van der Waals surface area contributed by atoms with Gasteiger partial charge in [-0.25, -0.2) is 0 Å². The molecule has 0 aromatic heterocycles. The molecule has 0 heterocycles. The fraction of sp³-hybridized carbons (Fsp3) is 0.125. The van der Waals surface area contributed by atoms with Crippen molar-refractivity contribution in [1.82, 2.24) is 0 Å². The van der Waals surface area contributed by atoms with Crippen LogP contribution in [0.1, 0.15) is 21.5 Å². The number of methoxy groups -OCH3 is 1. The maximum atomic E-state index is 11.2. The average molecular weight is 281 g/mol. The molecular weight excluding hydrogens is 266 g/mol. The highest BCUT2D eigenvalue weighted by Gasteiger charge is 2.07. The molecular formula is C16H15N3O2. The maximum Gasteiger partial charge on any atom is 0.248 e. The summed E-state index contributed by atoms with van der Waals surface area (Å²) in [5.74, 6) is 0.146. The van der Waals surface area contributed by atoms with Gasteiger partial charge in [-0.2, -0.15) is 5.26 Å². The molecule has 0 unspecified atom stereocenters. The second-order valence-electron chi connectivity index (χ2n) is 4.44. The molecule has 5 heteroatoms. The highest BCUT2D eigenvalue weighted by atomic mass is 16.5. The lowest BCUT2D eigenvalue weighted by Gasteiger charge is -2.12. The molecule has 0 bridgehead atoms. The van der Waals surface area contributed by atoms with Gasteiger partial charge in [-0.1, -0.05) is 12.1 Å². The van der Waals surface area contributed by atoms with E-state index in [-0.39, 0.29) is 0 Å². The maximum absolute atomic E-state index is 11.2. The smallest absolute Gasteiger partial charge is 0.248 e. The standard InChI is InChI=1S/C16H15N3O2/c1-21-15-7-6-13(16(18)20)8-14(15)19-10-12-4-2-11(9-17)3-5-12/h2-8,19H,10H2,1H3,(H2,18,20). The second-order valence-corrected chi connectivity index (χ2v) is 4.44. The predicted octanol–water partition coefficient (Wildman–Crippen LogP) is 2.28. The molecule has 2 rings (SSSR count). The summed E-state index contributed by atoms with van der Waals surface area (Å²) in [5.41, 5.74) is 8.01. The minimum Gasteiger partial charge on any atom is -0.495 e. The van der Waals surface area contributed by atoms with Gasteiger partial charge in [0.2, 0.25) is 5.91 Å². The van der Waals surface area contributed by atoms with Gasteiger partial charge < -0.3 is 15.8 Å². The van der Waals surface area contributed by atoms with Gasteiger partial charge in [0.05, 0.1) is 24.4 Å². The Morgan fingerprint density at radius 3 is 2.57 bits per heavy atom. The Balaban J connectivity index is 2.16. The van der Waals surface area contributed by atoms with Crippen molar-refractivity contribution >= 4 is 11.6 Å². The third-order valence-electron chi connectivity index (χ3n) is 3.05. The van der Waals surface area contributed by atoms with Crippen LogP contribution in [0.4, 0.5) is 5.69 Å². The third-order valence-corrected chi connectivity index (χ3v) is 3.05. The van der Waals surface area contributed by atoms with E-state index in [2.05, 4.69) is 11.4 Å². The van der Waals surface area contributed by atoms with Gasteiger partial charge >= 0.3 is 0 Å². The molecule has 2 aromatic rings. The lowest BCUT2D eigenvalue weighted by atomic mass is 10.1. The van der Waals surface area contributed by atoms with Crippen LogP contribution in [0.3, 0.4) is 0 Å².